The first-order valence-electron chi connectivity index (χ1n) is 11.6. The highest BCUT2D eigenvalue weighted by molar-refractivity contribution is 6.30. The average Bonchev–Trinajstić information content (AvgIpc) is 2.81. The molecule has 34 heavy (non-hydrogen) atoms. The van der Waals surface area contributed by atoms with Crippen molar-refractivity contribution in [2.24, 2.45) is 5.73 Å². The molecule has 0 aliphatic carbocycles. The summed E-state index contributed by atoms with van der Waals surface area (Å²) in [5.74, 6) is -0.428. The zero-order chi connectivity index (χ0) is 24.7. The molecule has 9 heteroatoms. The SMILES string of the molecule is CONC(=O)N(Cc1cccc(Cl)c1)C1CCN([C@H](C)CCc2nccc(C)c2C(N)=O)CC1. The van der Waals surface area contributed by atoms with Gasteiger partial charge >= 0.3 is 6.03 Å². The van der Waals surface area contributed by atoms with E-state index in [1.165, 1.54) is 7.11 Å². The van der Waals surface area contributed by atoms with Gasteiger partial charge in [-0.25, -0.2) is 10.3 Å². The zero-order valence-electron chi connectivity index (χ0n) is 20.1. The fourth-order valence-corrected chi connectivity index (χ4v) is 4.86. The third kappa shape index (κ3) is 6.68. The Morgan fingerprint density at radius 1 is 1.32 bits per heavy atom. The Kier molecular flexibility index (Phi) is 9.27. The van der Waals surface area contributed by atoms with Crippen molar-refractivity contribution in [3.63, 3.8) is 0 Å². The quantitative estimate of drug-likeness (QED) is 0.525. The Morgan fingerprint density at radius 2 is 2.06 bits per heavy atom. The van der Waals surface area contributed by atoms with Crippen molar-refractivity contribution in [3.8, 4) is 0 Å². The van der Waals surface area contributed by atoms with Crippen LogP contribution in [0.2, 0.25) is 5.02 Å². The van der Waals surface area contributed by atoms with E-state index in [1.807, 2.05) is 42.2 Å². The number of nitrogens with two attached hydrogens (primary N) is 1. The number of hydroxylamine groups is 1. The molecule has 1 aliphatic heterocycles. The average molecular weight is 488 g/mol. The monoisotopic (exact) mass is 487 g/mol. The number of aryl methyl sites for hydroxylation is 2. The van der Waals surface area contributed by atoms with E-state index in [0.29, 0.717) is 29.6 Å². The molecule has 1 saturated heterocycles. The standard InChI is InChI=1S/C25H34ClN5O3/c1-17-9-12-28-22(23(17)24(27)32)8-7-18(2)30-13-10-21(11-14-30)31(25(33)29-34-3)16-19-5-4-6-20(26)15-19/h4-6,9,12,15,18,21H,7-8,10-11,13-14,16H2,1-3H3,(H2,27,32)(H,29,33)/t18-/m1/s1. The number of rotatable bonds is 9. The molecule has 184 valence electrons. The largest absolute Gasteiger partial charge is 0.366 e. The number of pyridine rings is 1. The van der Waals surface area contributed by atoms with Crippen LogP contribution >= 0.6 is 11.6 Å². The van der Waals surface area contributed by atoms with Gasteiger partial charge in [0.2, 0.25) is 0 Å². The van der Waals surface area contributed by atoms with Crippen molar-refractivity contribution in [1.29, 1.82) is 0 Å². The Labute approximate surface area is 206 Å². The van der Waals surface area contributed by atoms with Crippen LogP contribution in [0.4, 0.5) is 4.79 Å². The second-order valence-corrected chi connectivity index (χ2v) is 9.27. The molecule has 1 fully saturated rings. The van der Waals surface area contributed by atoms with Crippen LogP contribution in [0.1, 0.15) is 53.4 Å². The first kappa shape index (κ1) is 25.9. The molecule has 2 aromatic rings. The molecule has 8 nitrogen and oxygen atoms in total. The lowest BCUT2D eigenvalue weighted by Gasteiger charge is -2.40. The molecule has 1 atom stereocenters. The molecule has 0 bridgehead atoms. The second-order valence-electron chi connectivity index (χ2n) is 8.84. The van der Waals surface area contributed by atoms with E-state index in [9.17, 15) is 9.59 Å². The number of primary amides is 1. The van der Waals surface area contributed by atoms with Crippen LogP contribution in [0.15, 0.2) is 36.5 Å². The number of benzene rings is 1. The summed E-state index contributed by atoms with van der Waals surface area (Å²) in [6.45, 7) is 6.30. The lowest BCUT2D eigenvalue weighted by molar-refractivity contribution is 0.0565. The van der Waals surface area contributed by atoms with Crippen molar-refractivity contribution in [2.45, 2.75) is 58.2 Å². The number of likely N-dealkylation sites (tertiary alicyclic amines) is 1. The van der Waals surface area contributed by atoms with Gasteiger partial charge < -0.3 is 15.5 Å². The molecule has 1 aromatic carbocycles. The molecule has 1 aliphatic rings. The minimum atomic E-state index is -0.428. The Morgan fingerprint density at radius 3 is 2.71 bits per heavy atom. The first-order valence-corrected chi connectivity index (χ1v) is 12.0. The molecule has 3 rings (SSSR count). The number of aromatic nitrogens is 1. The Hall–Kier alpha value is -2.68. The van der Waals surface area contributed by atoms with E-state index >= 15 is 0 Å². The molecule has 0 spiro atoms. The van der Waals surface area contributed by atoms with E-state index in [-0.39, 0.29) is 12.1 Å². The third-order valence-electron chi connectivity index (χ3n) is 6.54. The first-order chi connectivity index (χ1) is 16.3. The number of urea groups is 1. The molecule has 2 heterocycles. The number of nitrogens with zero attached hydrogens (tertiary/aromatic N) is 3. The number of halogens is 1. The maximum Gasteiger partial charge on any atom is 0.341 e. The number of carbonyl (C=O) groups is 2. The molecule has 0 radical (unpaired) electrons. The summed E-state index contributed by atoms with van der Waals surface area (Å²) in [4.78, 5) is 38.1. The highest BCUT2D eigenvalue weighted by Gasteiger charge is 2.30. The Bertz CT molecular complexity index is 994. The van der Waals surface area contributed by atoms with Crippen LogP contribution in [0.3, 0.4) is 0 Å². The van der Waals surface area contributed by atoms with Gasteiger partial charge in [0.1, 0.15) is 0 Å². The van der Waals surface area contributed by atoms with Gasteiger partial charge in [0.05, 0.1) is 18.4 Å². The van der Waals surface area contributed by atoms with Gasteiger partial charge in [-0.15, -0.1) is 0 Å². The summed E-state index contributed by atoms with van der Waals surface area (Å²) in [6.07, 6.45) is 5.01. The van der Waals surface area contributed by atoms with E-state index < -0.39 is 5.91 Å². The maximum atomic E-state index is 12.7. The molecule has 0 saturated carbocycles. The topological polar surface area (TPSA) is 101 Å². The summed E-state index contributed by atoms with van der Waals surface area (Å²) in [5, 5.41) is 0.649. The lowest BCUT2D eigenvalue weighted by Crippen LogP contribution is -2.51. The predicted octanol–water partition coefficient (Wildman–Crippen LogP) is 3.70. The van der Waals surface area contributed by atoms with Gasteiger partial charge in [-0.05, 0) is 68.9 Å². The lowest BCUT2D eigenvalue weighted by atomic mass is 9.98. The van der Waals surface area contributed by atoms with Crippen molar-refractivity contribution in [3.05, 3.63) is 63.9 Å². The highest BCUT2D eigenvalue weighted by atomic mass is 35.5. The fraction of sp³-hybridized carbons (Fsp3) is 0.480. The van der Waals surface area contributed by atoms with Crippen LogP contribution < -0.4 is 11.2 Å². The summed E-state index contributed by atoms with van der Waals surface area (Å²) in [6, 6.07) is 9.53. The predicted molar refractivity (Wildman–Crippen MR) is 132 cm³/mol. The maximum absolute atomic E-state index is 12.7. The van der Waals surface area contributed by atoms with Crippen LogP contribution in [0, 0.1) is 6.92 Å². The number of piperidine rings is 1. The van der Waals surface area contributed by atoms with Gasteiger partial charge in [-0.3, -0.25) is 14.6 Å². The summed E-state index contributed by atoms with van der Waals surface area (Å²) in [5.41, 5.74) is 11.2. The summed E-state index contributed by atoms with van der Waals surface area (Å²) < 4.78 is 0. The molecule has 1 aromatic heterocycles. The van der Waals surface area contributed by atoms with Gasteiger partial charge in [-0.2, -0.15) is 0 Å². The molecule has 3 N–H and O–H groups in total. The molecule has 3 amide bonds. The van der Waals surface area contributed by atoms with Crippen LogP contribution in [-0.4, -0.2) is 59.0 Å². The zero-order valence-corrected chi connectivity index (χ0v) is 20.8. The van der Waals surface area contributed by atoms with Crippen molar-refractivity contribution in [1.82, 2.24) is 20.3 Å². The van der Waals surface area contributed by atoms with Crippen LogP contribution in [-0.2, 0) is 17.8 Å². The number of hydrogen-bond donors (Lipinski definition) is 2. The van der Waals surface area contributed by atoms with Crippen molar-refractivity contribution in [2.75, 3.05) is 20.2 Å². The fourth-order valence-electron chi connectivity index (χ4n) is 4.65. The van der Waals surface area contributed by atoms with Gasteiger partial charge in [0.15, 0.2) is 0 Å². The molecule has 0 unspecified atom stereocenters. The minimum Gasteiger partial charge on any atom is -0.366 e. The number of hydrogen-bond acceptors (Lipinski definition) is 5. The van der Waals surface area contributed by atoms with Crippen molar-refractivity contribution < 1.29 is 14.4 Å². The smallest absolute Gasteiger partial charge is 0.341 e. The number of amides is 3. The van der Waals surface area contributed by atoms with E-state index in [1.54, 1.807) is 6.20 Å². The van der Waals surface area contributed by atoms with Crippen LogP contribution in [0.5, 0.6) is 0 Å². The van der Waals surface area contributed by atoms with E-state index in [0.717, 1.165) is 49.2 Å². The summed E-state index contributed by atoms with van der Waals surface area (Å²) >= 11 is 6.14. The minimum absolute atomic E-state index is 0.0949. The number of carbonyl (C=O) groups excluding carboxylic acids is 2. The second kappa shape index (κ2) is 12.1. The van der Waals surface area contributed by atoms with Gasteiger partial charge in [0.25, 0.3) is 5.91 Å². The number of nitrogens with one attached hydrogen (secondary N) is 1. The summed E-state index contributed by atoms with van der Waals surface area (Å²) in [7, 11) is 1.44. The van der Waals surface area contributed by atoms with Gasteiger partial charge in [0, 0.05) is 42.9 Å². The van der Waals surface area contributed by atoms with Gasteiger partial charge in [-0.1, -0.05) is 23.7 Å². The van der Waals surface area contributed by atoms with E-state index in [4.69, 9.17) is 22.2 Å². The normalized spacial score (nSPS) is 15.6. The van der Waals surface area contributed by atoms with Crippen molar-refractivity contribution >= 4 is 23.5 Å². The highest BCUT2D eigenvalue weighted by Crippen LogP contribution is 2.23. The molecular formula is C25H34ClN5O3. The third-order valence-corrected chi connectivity index (χ3v) is 6.77. The molecular weight excluding hydrogens is 454 g/mol. The van der Waals surface area contributed by atoms with Crippen LogP contribution in [0.25, 0.3) is 0 Å². The van der Waals surface area contributed by atoms with E-state index in [2.05, 4.69) is 22.3 Å². The Balaban J connectivity index is 1.59.